The molecule has 1 aromatic carbocycles. The van der Waals surface area contributed by atoms with Gasteiger partial charge in [-0.15, -0.1) is 0 Å². The molecule has 6 nitrogen and oxygen atoms in total. The molecule has 0 aliphatic carbocycles. The van der Waals surface area contributed by atoms with E-state index >= 15 is 0 Å². The second-order valence-electron chi connectivity index (χ2n) is 6.02. The number of hydrogen-bond donors (Lipinski definition) is 1. The van der Waals surface area contributed by atoms with E-state index < -0.39 is 16.1 Å². The summed E-state index contributed by atoms with van der Waals surface area (Å²) in [6, 6.07) is 7.72. The molecule has 1 heterocycles. The van der Waals surface area contributed by atoms with Gasteiger partial charge in [0.15, 0.2) is 0 Å². The summed E-state index contributed by atoms with van der Waals surface area (Å²) in [6.45, 7) is 7.44. The molecule has 0 radical (unpaired) electrons. The zero-order chi connectivity index (χ0) is 15.7. The Hall–Kier alpha value is -1.60. The number of amides is 1. The summed E-state index contributed by atoms with van der Waals surface area (Å²) in [5, 5.41) is 0. The number of nitrogens with one attached hydrogen (secondary N) is 1. The van der Waals surface area contributed by atoms with Crippen LogP contribution in [0.25, 0.3) is 0 Å². The van der Waals surface area contributed by atoms with Crippen LogP contribution in [0, 0.1) is 0 Å². The second-order valence-corrected chi connectivity index (χ2v) is 7.70. The summed E-state index contributed by atoms with van der Waals surface area (Å²) >= 11 is 0. The highest BCUT2D eigenvalue weighted by Gasteiger charge is 2.37. The van der Waals surface area contributed by atoms with Crippen molar-refractivity contribution in [1.29, 1.82) is 0 Å². The quantitative estimate of drug-likeness (QED) is 0.917. The molecule has 0 saturated carbocycles. The Balaban J connectivity index is 1.87. The van der Waals surface area contributed by atoms with E-state index in [4.69, 9.17) is 4.74 Å². The van der Waals surface area contributed by atoms with Crippen LogP contribution in [0.3, 0.4) is 0 Å². The molecule has 0 aromatic heterocycles. The van der Waals surface area contributed by atoms with Crippen molar-refractivity contribution >= 4 is 16.1 Å². The van der Waals surface area contributed by atoms with E-state index in [0.717, 1.165) is 0 Å². The molecule has 1 saturated heterocycles. The smallest absolute Gasteiger partial charge is 0.421 e. The van der Waals surface area contributed by atoms with Crippen molar-refractivity contribution in [2.24, 2.45) is 0 Å². The predicted octanol–water partition coefficient (Wildman–Crippen LogP) is 1.58. The average Bonchev–Trinajstić information content (AvgIpc) is 2.32. The van der Waals surface area contributed by atoms with Crippen LogP contribution in [0.4, 0.5) is 4.79 Å². The number of ether oxygens (including phenoxy) is 1. The van der Waals surface area contributed by atoms with E-state index in [1.54, 1.807) is 18.2 Å². The molecule has 1 aromatic rings. The van der Waals surface area contributed by atoms with Crippen molar-refractivity contribution in [2.45, 2.75) is 37.3 Å². The maximum Gasteiger partial charge on any atom is 0.421 e. The third kappa shape index (κ3) is 3.95. The van der Waals surface area contributed by atoms with Gasteiger partial charge in [0.2, 0.25) is 0 Å². The molecule has 1 fully saturated rings. The Bertz CT molecular complexity index is 602. The Morgan fingerprint density at radius 1 is 1.24 bits per heavy atom. The van der Waals surface area contributed by atoms with E-state index in [9.17, 15) is 13.2 Å². The highest BCUT2D eigenvalue weighted by atomic mass is 32.2. The number of carbonyl (C=O) groups is 1. The van der Waals surface area contributed by atoms with Gasteiger partial charge < -0.3 is 4.74 Å². The molecule has 2 rings (SSSR count). The van der Waals surface area contributed by atoms with Gasteiger partial charge in [0.1, 0.15) is 6.10 Å². The largest absolute Gasteiger partial charge is 0.443 e. The van der Waals surface area contributed by atoms with Gasteiger partial charge in [0, 0.05) is 18.6 Å². The van der Waals surface area contributed by atoms with Gasteiger partial charge in [-0.1, -0.05) is 18.2 Å². The van der Waals surface area contributed by atoms with Crippen LogP contribution < -0.4 is 4.72 Å². The highest BCUT2D eigenvalue weighted by Crippen LogP contribution is 2.22. The first-order valence-corrected chi connectivity index (χ1v) is 8.20. The molecule has 0 bridgehead atoms. The SMILES string of the molecule is CC(C)(C)N1CC(OC(=O)NS(=O)(=O)c2ccccc2)C1. The average molecular weight is 312 g/mol. The van der Waals surface area contributed by atoms with Crippen molar-refractivity contribution in [2.75, 3.05) is 13.1 Å². The fourth-order valence-electron chi connectivity index (χ4n) is 2.00. The number of sulfonamides is 1. The lowest BCUT2D eigenvalue weighted by Gasteiger charge is -2.46. The third-order valence-electron chi connectivity index (χ3n) is 3.34. The predicted molar refractivity (Wildman–Crippen MR) is 78.4 cm³/mol. The zero-order valence-corrected chi connectivity index (χ0v) is 13.2. The lowest BCUT2D eigenvalue weighted by atomic mass is 9.99. The van der Waals surface area contributed by atoms with Crippen molar-refractivity contribution in [3.8, 4) is 0 Å². The normalized spacial score (nSPS) is 17.1. The molecule has 1 N–H and O–H groups in total. The topological polar surface area (TPSA) is 75.7 Å². The first kappa shape index (κ1) is 15.8. The van der Waals surface area contributed by atoms with Crippen molar-refractivity contribution in [3.63, 3.8) is 0 Å². The van der Waals surface area contributed by atoms with E-state index in [0.29, 0.717) is 13.1 Å². The van der Waals surface area contributed by atoms with Gasteiger partial charge in [-0.3, -0.25) is 4.90 Å². The number of rotatable bonds is 3. The van der Waals surface area contributed by atoms with Gasteiger partial charge >= 0.3 is 6.09 Å². The first-order chi connectivity index (χ1) is 9.68. The summed E-state index contributed by atoms with van der Waals surface area (Å²) in [7, 11) is -3.87. The molecular weight excluding hydrogens is 292 g/mol. The Morgan fingerprint density at radius 2 is 1.81 bits per heavy atom. The zero-order valence-electron chi connectivity index (χ0n) is 12.4. The Labute approximate surface area is 125 Å². The summed E-state index contributed by atoms with van der Waals surface area (Å²) in [5.41, 5.74) is 0.0203. The van der Waals surface area contributed by atoms with Crippen molar-refractivity contribution in [3.05, 3.63) is 30.3 Å². The monoisotopic (exact) mass is 312 g/mol. The summed E-state index contributed by atoms with van der Waals surface area (Å²) in [5.74, 6) is 0. The molecule has 116 valence electrons. The van der Waals surface area contributed by atoms with E-state index in [1.165, 1.54) is 12.1 Å². The van der Waals surface area contributed by atoms with Gasteiger partial charge in [-0.2, -0.15) is 0 Å². The van der Waals surface area contributed by atoms with E-state index in [1.807, 2.05) is 4.72 Å². The third-order valence-corrected chi connectivity index (χ3v) is 4.67. The number of hydrogen-bond acceptors (Lipinski definition) is 5. The summed E-state index contributed by atoms with van der Waals surface area (Å²) < 4.78 is 30.9. The van der Waals surface area contributed by atoms with Crippen LogP contribution in [0.2, 0.25) is 0 Å². The second kappa shape index (κ2) is 5.65. The molecule has 0 atom stereocenters. The Kier molecular flexibility index (Phi) is 4.25. The maximum atomic E-state index is 11.9. The highest BCUT2D eigenvalue weighted by molar-refractivity contribution is 7.90. The lowest BCUT2D eigenvalue weighted by molar-refractivity contribution is -0.0546. The first-order valence-electron chi connectivity index (χ1n) is 6.72. The molecule has 0 unspecified atom stereocenters. The fraction of sp³-hybridized carbons (Fsp3) is 0.500. The van der Waals surface area contributed by atoms with Gasteiger partial charge in [-0.25, -0.2) is 17.9 Å². The minimum Gasteiger partial charge on any atom is -0.443 e. The summed E-state index contributed by atoms with van der Waals surface area (Å²) in [6.07, 6.45) is -1.20. The van der Waals surface area contributed by atoms with Crippen LogP contribution in [-0.4, -0.2) is 44.1 Å². The van der Waals surface area contributed by atoms with Gasteiger partial charge in [-0.05, 0) is 32.9 Å². The molecule has 1 amide bonds. The Morgan fingerprint density at radius 3 is 2.33 bits per heavy atom. The minimum atomic E-state index is -3.87. The molecule has 1 aliphatic rings. The molecule has 21 heavy (non-hydrogen) atoms. The van der Waals surface area contributed by atoms with Crippen LogP contribution in [0.5, 0.6) is 0 Å². The van der Waals surface area contributed by atoms with Gasteiger partial charge in [0.25, 0.3) is 10.0 Å². The number of likely N-dealkylation sites (tertiary alicyclic amines) is 1. The number of carbonyl (C=O) groups excluding carboxylic acids is 1. The van der Waals surface area contributed by atoms with Crippen LogP contribution in [-0.2, 0) is 14.8 Å². The van der Waals surface area contributed by atoms with Crippen molar-refractivity contribution in [1.82, 2.24) is 9.62 Å². The van der Waals surface area contributed by atoms with Crippen molar-refractivity contribution < 1.29 is 17.9 Å². The van der Waals surface area contributed by atoms with Gasteiger partial charge in [0.05, 0.1) is 4.90 Å². The van der Waals surface area contributed by atoms with Crippen LogP contribution >= 0.6 is 0 Å². The van der Waals surface area contributed by atoms with E-state index in [-0.39, 0.29) is 16.5 Å². The molecule has 1 aliphatic heterocycles. The molecule has 0 spiro atoms. The summed E-state index contributed by atoms with van der Waals surface area (Å²) in [4.78, 5) is 13.8. The number of benzene rings is 1. The molecule has 7 heteroatoms. The molecular formula is C14H20N2O4S. The minimum absolute atomic E-state index is 0.0203. The van der Waals surface area contributed by atoms with E-state index in [2.05, 4.69) is 25.7 Å². The van der Waals surface area contributed by atoms with Crippen LogP contribution in [0.15, 0.2) is 35.2 Å². The standard InChI is InChI=1S/C14H20N2O4S/c1-14(2,3)16-9-11(10-16)20-13(17)15-21(18,19)12-7-5-4-6-8-12/h4-8,11H,9-10H2,1-3H3,(H,15,17). The fourth-order valence-corrected chi connectivity index (χ4v) is 2.90. The van der Waals surface area contributed by atoms with Crippen LogP contribution in [0.1, 0.15) is 20.8 Å². The number of nitrogens with zero attached hydrogens (tertiary/aromatic N) is 1. The lowest BCUT2D eigenvalue weighted by Crippen LogP contribution is -2.60. The maximum absolute atomic E-state index is 11.9.